The molecule has 0 unspecified atom stereocenters. The number of methoxy groups -OCH3 is 1. The summed E-state index contributed by atoms with van der Waals surface area (Å²) in [7, 11) is 1.41. The molecule has 0 radical (unpaired) electrons. The lowest BCUT2D eigenvalue weighted by Crippen LogP contribution is -1.93. The van der Waals surface area contributed by atoms with Crippen molar-refractivity contribution in [3.05, 3.63) is 64.7 Å². The Hall–Kier alpha value is -2.70. The van der Waals surface area contributed by atoms with E-state index in [1.165, 1.54) is 19.2 Å². The van der Waals surface area contributed by atoms with Gasteiger partial charge in [0.2, 0.25) is 0 Å². The Morgan fingerprint density at radius 1 is 0.864 bits per heavy atom. The van der Waals surface area contributed by atoms with Gasteiger partial charge in [0.25, 0.3) is 0 Å². The van der Waals surface area contributed by atoms with E-state index >= 15 is 0 Å². The van der Waals surface area contributed by atoms with Crippen LogP contribution in [-0.2, 0) is 0 Å². The fourth-order valence-corrected chi connectivity index (χ4v) is 1.58. The molecule has 0 aliphatic heterocycles. The predicted octanol–water partition coefficient (Wildman–Crippen LogP) is 3.70. The summed E-state index contributed by atoms with van der Waals surface area (Å²) in [6, 6.07) is 5.69. The smallest absolute Gasteiger partial charge is 0.194 e. The number of nitrogens with zero attached hydrogens (tertiary/aromatic N) is 2. The molecule has 2 aromatic carbocycles. The molecule has 22 heavy (non-hydrogen) atoms. The van der Waals surface area contributed by atoms with Crippen LogP contribution in [0, 0.1) is 23.3 Å². The minimum absolute atomic E-state index is 0.0104. The Kier molecular flexibility index (Phi) is 4.88. The average molecular weight is 310 g/mol. The first-order valence-corrected chi connectivity index (χ1v) is 6.05. The number of halogens is 4. The van der Waals surface area contributed by atoms with Crippen LogP contribution in [-0.4, -0.2) is 19.5 Å². The summed E-state index contributed by atoms with van der Waals surface area (Å²) in [5.74, 6) is -4.41. The van der Waals surface area contributed by atoms with Gasteiger partial charge >= 0.3 is 0 Å². The van der Waals surface area contributed by atoms with Gasteiger partial charge in [-0.2, -0.15) is 10.2 Å². The molecule has 3 nitrogen and oxygen atoms in total. The van der Waals surface area contributed by atoms with Crippen LogP contribution >= 0.6 is 0 Å². The van der Waals surface area contributed by atoms with Crippen LogP contribution in [0.1, 0.15) is 11.1 Å². The van der Waals surface area contributed by atoms with Crippen LogP contribution in [0.4, 0.5) is 17.6 Å². The highest BCUT2D eigenvalue weighted by Crippen LogP contribution is 2.15. The lowest BCUT2D eigenvalue weighted by molar-refractivity contribution is 0.411. The molecule has 0 aromatic heterocycles. The molecule has 0 saturated carbocycles. The first kappa shape index (κ1) is 15.7. The van der Waals surface area contributed by atoms with Gasteiger partial charge in [0.05, 0.1) is 19.5 Å². The van der Waals surface area contributed by atoms with Crippen LogP contribution in [0.5, 0.6) is 5.75 Å². The third kappa shape index (κ3) is 3.69. The zero-order valence-corrected chi connectivity index (χ0v) is 11.4. The maximum absolute atomic E-state index is 13.6. The van der Waals surface area contributed by atoms with E-state index in [1.807, 2.05) is 0 Å². The molecular weight excluding hydrogens is 300 g/mol. The first-order chi connectivity index (χ1) is 10.5. The molecule has 0 aliphatic carbocycles. The largest absolute Gasteiger partial charge is 0.497 e. The Morgan fingerprint density at radius 3 is 2.09 bits per heavy atom. The summed E-state index contributed by atoms with van der Waals surface area (Å²) < 4.78 is 57.1. The van der Waals surface area contributed by atoms with Gasteiger partial charge in [-0.25, -0.2) is 17.6 Å². The standard InChI is InChI=1S/C15H10F4N2O/c1-22-11-3-2-10(12(16)6-11)8-21-20-7-9-4-13(17)15(19)14(18)5-9/h2-8H,1H3/b20-7+,21-8+. The maximum atomic E-state index is 13.6. The molecule has 0 saturated heterocycles. The Morgan fingerprint density at radius 2 is 1.50 bits per heavy atom. The van der Waals surface area contributed by atoms with Gasteiger partial charge < -0.3 is 4.74 Å². The van der Waals surface area contributed by atoms with Crippen LogP contribution < -0.4 is 4.74 Å². The second-order valence-corrected chi connectivity index (χ2v) is 4.18. The van der Waals surface area contributed by atoms with Crippen molar-refractivity contribution in [3.63, 3.8) is 0 Å². The lowest BCUT2D eigenvalue weighted by atomic mass is 10.2. The van der Waals surface area contributed by atoms with E-state index in [4.69, 9.17) is 4.74 Å². The Labute approximate surface area is 123 Å². The summed E-state index contributed by atoms with van der Waals surface area (Å²) in [5.41, 5.74) is 0.151. The van der Waals surface area contributed by atoms with Gasteiger partial charge in [0.1, 0.15) is 11.6 Å². The monoisotopic (exact) mass is 310 g/mol. The molecule has 114 valence electrons. The predicted molar refractivity (Wildman–Crippen MR) is 74.5 cm³/mol. The molecule has 2 rings (SSSR count). The highest BCUT2D eigenvalue weighted by atomic mass is 19.2. The highest BCUT2D eigenvalue weighted by Gasteiger charge is 2.09. The van der Waals surface area contributed by atoms with Gasteiger partial charge in [0, 0.05) is 17.2 Å². The zero-order valence-electron chi connectivity index (χ0n) is 11.4. The maximum Gasteiger partial charge on any atom is 0.194 e. The zero-order chi connectivity index (χ0) is 16.1. The summed E-state index contributed by atoms with van der Waals surface area (Å²) >= 11 is 0. The molecule has 0 fully saturated rings. The fourth-order valence-electron chi connectivity index (χ4n) is 1.58. The van der Waals surface area contributed by atoms with Crippen molar-refractivity contribution in [1.29, 1.82) is 0 Å². The van der Waals surface area contributed by atoms with Crippen molar-refractivity contribution in [2.75, 3.05) is 7.11 Å². The molecule has 0 amide bonds. The fraction of sp³-hybridized carbons (Fsp3) is 0.0667. The molecule has 0 heterocycles. The molecule has 0 atom stereocenters. The van der Waals surface area contributed by atoms with Gasteiger partial charge in [0.15, 0.2) is 17.5 Å². The molecule has 7 heteroatoms. The van der Waals surface area contributed by atoms with Crippen molar-refractivity contribution in [2.24, 2.45) is 10.2 Å². The van der Waals surface area contributed by atoms with Gasteiger partial charge in [-0.15, -0.1) is 0 Å². The number of ether oxygens (including phenoxy) is 1. The van der Waals surface area contributed by atoms with E-state index in [2.05, 4.69) is 10.2 Å². The van der Waals surface area contributed by atoms with E-state index in [0.717, 1.165) is 24.6 Å². The molecule has 0 bridgehead atoms. The van der Waals surface area contributed by atoms with Crippen molar-refractivity contribution in [1.82, 2.24) is 0 Å². The van der Waals surface area contributed by atoms with Crippen molar-refractivity contribution < 1.29 is 22.3 Å². The summed E-state index contributed by atoms with van der Waals surface area (Å²) in [6.07, 6.45) is 2.14. The average Bonchev–Trinajstić information content (AvgIpc) is 2.50. The van der Waals surface area contributed by atoms with Gasteiger partial charge in [-0.3, -0.25) is 0 Å². The van der Waals surface area contributed by atoms with E-state index in [0.29, 0.717) is 5.75 Å². The number of rotatable bonds is 4. The SMILES string of the molecule is COc1ccc(/C=N/N=C/c2cc(F)c(F)c(F)c2)c(F)c1. The third-order valence-electron chi connectivity index (χ3n) is 2.68. The third-order valence-corrected chi connectivity index (χ3v) is 2.68. The molecule has 0 spiro atoms. The number of benzene rings is 2. The highest BCUT2D eigenvalue weighted by molar-refractivity contribution is 5.83. The number of hydrogen-bond acceptors (Lipinski definition) is 3. The minimum Gasteiger partial charge on any atom is -0.497 e. The van der Waals surface area contributed by atoms with E-state index < -0.39 is 23.3 Å². The van der Waals surface area contributed by atoms with E-state index in [1.54, 1.807) is 6.07 Å². The first-order valence-electron chi connectivity index (χ1n) is 6.05. The topological polar surface area (TPSA) is 34.0 Å². The van der Waals surface area contributed by atoms with E-state index in [-0.39, 0.29) is 11.1 Å². The molecule has 0 N–H and O–H groups in total. The Bertz CT molecular complexity index is 721. The van der Waals surface area contributed by atoms with Crippen molar-refractivity contribution in [2.45, 2.75) is 0 Å². The molecule has 2 aromatic rings. The second-order valence-electron chi connectivity index (χ2n) is 4.18. The second kappa shape index (κ2) is 6.84. The Balaban J connectivity index is 2.12. The summed E-state index contributed by atoms with van der Waals surface area (Å²) in [4.78, 5) is 0. The summed E-state index contributed by atoms with van der Waals surface area (Å²) in [5, 5.41) is 7.08. The summed E-state index contributed by atoms with van der Waals surface area (Å²) in [6.45, 7) is 0. The quantitative estimate of drug-likeness (QED) is 0.367. The van der Waals surface area contributed by atoms with Crippen molar-refractivity contribution >= 4 is 12.4 Å². The molecular formula is C15H10F4N2O. The van der Waals surface area contributed by atoms with Gasteiger partial charge in [-0.05, 0) is 24.3 Å². The molecule has 0 aliphatic rings. The van der Waals surface area contributed by atoms with Crippen LogP contribution in [0.2, 0.25) is 0 Å². The van der Waals surface area contributed by atoms with Crippen LogP contribution in [0.25, 0.3) is 0 Å². The van der Waals surface area contributed by atoms with E-state index in [9.17, 15) is 17.6 Å². The van der Waals surface area contributed by atoms with Crippen LogP contribution in [0.3, 0.4) is 0 Å². The lowest BCUT2D eigenvalue weighted by Gasteiger charge is -2.00. The van der Waals surface area contributed by atoms with Gasteiger partial charge in [-0.1, -0.05) is 0 Å². The normalized spacial score (nSPS) is 11.5. The minimum atomic E-state index is -1.55. The van der Waals surface area contributed by atoms with Crippen LogP contribution in [0.15, 0.2) is 40.5 Å². The number of hydrogen-bond donors (Lipinski definition) is 0. The van der Waals surface area contributed by atoms with Crippen molar-refractivity contribution in [3.8, 4) is 5.75 Å².